The van der Waals surface area contributed by atoms with Crippen LogP contribution in [0, 0.1) is 18.7 Å². The van der Waals surface area contributed by atoms with E-state index in [1.165, 1.54) is 35.9 Å². The van der Waals surface area contributed by atoms with Gasteiger partial charge in [-0.25, -0.2) is 14.1 Å². The third-order valence-corrected chi connectivity index (χ3v) is 6.87. The average molecular weight is 470 g/mol. The van der Waals surface area contributed by atoms with E-state index in [0.29, 0.717) is 16.2 Å². The van der Waals surface area contributed by atoms with E-state index < -0.39 is 12.6 Å². The molecule has 0 aliphatic carbocycles. The fraction of sp³-hybridized carbons (Fsp3) is 0.292. The molecular formula is C24H22F3N5S. The van der Waals surface area contributed by atoms with Crippen LogP contribution in [0.2, 0.25) is 0 Å². The number of nitrogens with zero attached hydrogens (tertiary/aromatic N) is 5. The largest absolute Gasteiger partial charge is 0.333 e. The number of amidine groups is 1. The van der Waals surface area contributed by atoms with Crippen LogP contribution in [0.1, 0.15) is 47.1 Å². The van der Waals surface area contributed by atoms with Crippen molar-refractivity contribution >= 4 is 22.7 Å². The maximum absolute atomic E-state index is 13.9. The van der Waals surface area contributed by atoms with Gasteiger partial charge in [0.25, 0.3) is 0 Å². The van der Waals surface area contributed by atoms with Crippen LogP contribution in [0.4, 0.5) is 13.2 Å². The van der Waals surface area contributed by atoms with Crippen molar-refractivity contribution in [1.82, 2.24) is 19.7 Å². The van der Waals surface area contributed by atoms with Crippen LogP contribution in [0.25, 0.3) is 5.57 Å². The van der Waals surface area contributed by atoms with Crippen LogP contribution in [-0.2, 0) is 0 Å². The van der Waals surface area contributed by atoms with Crippen molar-refractivity contribution in [2.24, 2.45) is 10.9 Å². The van der Waals surface area contributed by atoms with Crippen LogP contribution < -0.4 is 0 Å². The molecule has 2 aliphatic rings. The van der Waals surface area contributed by atoms with Crippen molar-refractivity contribution < 1.29 is 13.2 Å². The van der Waals surface area contributed by atoms with Gasteiger partial charge in [0.15, 0.2) is 10.8 Å². The Labute approximate surface area is 193 Å². The monoisotopic (exact) mass is 469 g/mol. The number of fused-ring (bicyclic) bond motifs is 1. The third-order valence-electron chi connectivity index (χ3n) is 6.10. The van der Waals surface area contributed by atoms with Crippen LogP contribution in [0.3, 0.4) is 0 Å². The first-order chi connectivity index (χ1) is 16.0. The summed E-state index contributed by atoms with van der Waals surface area (Å²) >= 11 is 1.50. The van der Waals surface area contributed by atoms with E-state index in [1.807, 2.05) is 18.4 Å². The Morgan fingerprint density at radius 3 is 2.85 bits per heavy atom. The van der Waals surface area contributed by atoms with Crippen LogP contribution in [-0.4, -0.2) is 32.0 Å². The topological polar surface area (TPSA) is 46.3 Å². The lowest BCUT2D eigenvalue weighted by molar-refractivity contribution is 0.0566. The molecule has 0 N–H and O–H groups in total. The number of halogens is 3. The number of rotatable bonds is 6. The molecule has 2 atom stereocenters. The van der Waals surface area contributed by atoms with Gasteiger partial charge in [0.2, 0.25) is 0 Å². The maximum atomic E-state index is 13.9. The minimum absolute atomic E-state index is 0.316. The Bertz CT molecular complexity index is 1240. The molecule has 0 saturated carbocycles. The van der Waals surface area contributed by atoms with Crippen molar-refractivity contribution in [3.8, 4) is 0 Å². The van der Waals surface area contributed by atoms with Crippen molar-refractivity contribution in [2.75, 3.05) is 6.54 Å². The number of aryl methyl sites for hydroxylation is 1. The summed E-state index contributed by atoms with van der Waals surface area (Å²) in [7, 11) is 0. The maximum Gasteiger partial charge on any atom is 0.333 e. The zero-order valence-corrected chi connectivity index (χ0v) is 18.8. The normalized spacial score (nSPS) is 20.4. The third kappa shape index (κ3) is 3.90. The van der Waals surface area contributed by atoms with Gasteiger partial charge in [0.1, 0.15) is 11.9 Å². The van der Waals surface area contributed by atoms with E-state index in [-0.39, 0.29) is 5.82 Å². The fourth-order valence-electron chi connectivity index (χ4n) is 4.68. The van der Waals surface area contributed by atoms with E-state index in [1.54, 1.807) is 12.3 Å². The number of hydrogen-bond donors (Lipinski definition) is 0. The molecule has 0 amide bonds. The van der Waals surface area contributed by atoms with Gasteiger partial charge in [-0.15, -0.1) is 17.9 Å². The highest BCUT2D eigenvalue weighted by atomic mass is 32.1. The van der Waals surface area contributed by atoms with E-state index in [9.17, 15) is 13.2 Å². The van der Waals surface area contributed by atoms with Crippen molar-refractivity contribution in [1.29, 1.82) is 0 Å². The Kier molecular flexibility index (Phi) is 5.65. The van der Waals surface area contributed by atoms with Gasteiger partial charge in [0, 0.05) is 41.2 Å². The Balaban J connectivity index is 1.73. The van der Waals surface area contributed by atoms with E-state index >= 15 is 0 Å². The predicted molar refractivity (Wildman–Crippen MR) is 123 cm³/mol. The number of hydrogen-bond acceptors (Lipinski definition) is 5. The molecule has 33 heavy (non-hydrogen) atoms. The average Bonchev–Trinajstić information content (AvgIpc) is 3.53. The molecule has 4 heterocycles. The molecule has 5 rings (SSSR count). The fourth-order valence-corrected chi connectivity index (χ4v) is 5.32. The molecular weight excluding hydrogens is 447 g/mol. The second kappa shape index (κ2) is 8.62. The summed E-state index contributed by atoms with van der Waals surface area (Å²) in [5.41, 5.74) is 4.00. The van der Waals surface area contributed by atoms with Gasteiger partial charge < -0.3 is 4.90 Å². The van der Waals surface area contributed by atoms with Gasteiger partial charge in [0.05, 0.1) is 6.20 Å². The van der Waals surface area contributed by atoms with Crippen molar-refractivity contribution in [3.05, 3.63) is 88.0 Å². The van der Waals surface area contributed by atoms with Crippen molar-refractivity contribution in [3.63, 3.8) is 0 Å². The molecule has 170 valence electrons. The molecule has 0 bridgehead atoms. The summed E-state index contributed by atoms with van der Waals surface area (Å²) in [6, 6.07) is 4.11. The number of aromatic nitrogens is 3. The molecule has 1 saturated heterocycles. The van der Waals surface area contributed by atoms with Crippen molar-refractivity contribution in [2.45, 2.75) is 32.4 Å². The molecule has 5 nitrogen and oxygen atoms in total. The van der Waals surface area contributed by atoms with Crippen LogP contribution >= 0.6 is 11.3 Å². The lowest BCUT2D eigenvalue weighted by Gasteiger charge is -2.33. The number of benzene rings is 1. The van der Waals surface area contributed by atoms with Gasteiger partial charge in [-0.3, -0.25) is 4.99 Å². The van der Waals surface area contributed by atoms with Gasteiger partial charge in [-0.2, -0.15) is 13.9 Å². The summed E-state index contributed by atoms with van der Waals surface area (Å²) in [4.78, 5) is 11.7. The first kappa shape index (κ1) is 21.6. The highest BCUT2D eigenvalue weighted by molar-refractivity contribution is 7.11. The van der Waals surface area contributed by atoms with Crippen LogP contribution in [0.5, 0.6) is 0 Å². The molecule has 9 heteroatoms. The smallest absolute Gasteiger partial charge is 0.327 e. The van der Waals surface area contributed by atoms with E-state index in [4.69, 9.17) is 4.99 Å². The van der Waals surface area contributed by atoms with E-state index in [2.05, 4.69) is 21.6 Å². The highest BCUT2D eigenvalue weighted by Gasteiger charge is 2.40. The lowest BCUT2D eigenvalue weighted by Crippen LogP contribution is -2.33. The number of aliphatic imine (C=N–C) groups is 1. The molecule has 3 aromatic rings. The predicted octanol–water partition coefficient (Wildman–Crippen LogP) is 5.99. The zero-order valence-electron chi connectivity index (χ0n) is 18.0. The molecule has 1 fully saturated rings. The first-order valence-electron chi connectivity index (χ1n) is 10.6. The summed E-state index contributed by atoms with van der Waals surface area (Å²) in [5, 5.41) is 6.57. The minimum Gasteiger partial charge on any atom is -0.327 e. The summed E-state index contributed by atoms with van der Waals surface area (Å²) in [6.07, 6.45) is 8.05. The minimum atomic E-state index is -2.73. The molecule has 0 radical (unpaired) electrons. The Morgan fingerprint density at radius 2 is 2.18 bits per heavy atom. The Morgan fingerprint density at radius 1 is 1.33 bits per heavy atom. The summed E-state index contributed by atoms with van der Waals surface area (Å²) in [6.45, 7) is 3.72. The molecule has 1 aromatic carbocycles. The van der Waals surface area contributed by atoms with E-state index in [0.717, 1.165) is 52.6 Å². The zero-order chi connectivity index (χ0) is 23.1. The SMILES string of the molecule is C=CCC1CC2=C(c3cnn(C(F)F)c3)[C@H](c3ccc(F)cc3C)N=C(c3nccs3)N2C1. The standard InChI is InChI=1S/C24H22F3N5S/c1-3-4-15-10-19-20(16-11-29-32(13-16)24(26)27)21(18-6-5-17(25)9-14(18)2)30-22(31(19)12-15)23-28-7-8-33-23/h3,5-9,11,13,15,21,24H,1,4,10,12H2,2H3/t15?,21-/m0/s1. The molecule has 2 aromatic heterocycles. The number of alkyl halides is 2. The first-order valence-corrected chi connectivity index (χ1v) is 11.5. The molecule has 0 spiro atoms. The quantitative estimate of drug-likeness (QED) is 0.417. The molecule has 2 aliphatic heterocycles. The second-order valence-electron chi connectivity index (χ2n) is 8.25. The number of allylic oxidation sites excluding steroid dienone is 2. The van der Waals surface area contributed by atoms with Gasteiger partial charge >= 0.3 is 6.55 Å². The second-order valence-corrected chi connectivity index (χ2v) is 9.14. The number of thiazole rings is 1. The molecule has 1 unspecified atom stereocenters. The highest BCUT2D eigenvalue weighted by Crippen LogP contribution is 2.47. The lowest BCUT2D eigenvalue weighted by atomic mass is 9.88. The summed E-state index contributed by atoms with van der Waals surface area (Å²) in [5.74, 6) is 0.741. The van der Waals surface area contributed by atoms with Crippen LogP contribution in [0.15, 0.2) is 65.5 Å². The Hall–Kier alpha value is -3.20. The summed E-state index contributed by atoms with van der Waals surface area (Å²) < 4.78 is 41.2. The van der Waals surface area contributed by atoms with Gasteiger partial charge in [-0.1, -0.05) is 12.1 Å². The van der Waals surface area contributed by atoms with Gasteiger partial charge in [-0.05, 0) is 48.9 Å².